The minimum Gasteiger partial charge on any atom is -0.205 e. The van der Waals surface area contributed by atoms with Crippen molar-refractivity contribution in [3.8, 4) is 0 Å². The molecule has 0 aliphatic carbocycles. The van der Waals surface area contributed by atoms with Gasteiger partial charge in [0.25, 0.3) is 0 Å². The minimum atomic E-state index is 0. The van der Waals surface area contributed by atoms with Crippen LogP contribution in [0.25, 0.3) is 0 Å². The molecule has 1 rings (SSSR count). The first-order valence-corrected chi connectivity index (χ1v) is 2.87. The van der Waals surface area contributed by atoms with Crippen molar-refractivity contribution in [3.05, 3.63) is 30.6 Å². The zero-order valence-electron chi connectivity index (χ0n) is 6.27. The molecule has 0 saturated heterocycles. The average molecular weight is 218 g/mol. The first-order valence-electron chi connectivity index (χ1n) is 2.87. The van der Waals surface area contributed by atoms with Crippen LogP contribution in [-0.4, -0.2) is 0 Å². The van der Waals surface area contributed by atoms with E-state index >= 15 is 0 Å². The molecule has 0 unspecified atom stereocenters. The van der Waals surface area contributed by atoms with E-state index in [0.717, 1.165) is 6.54 Å². The van der Waals surface area contributed by atoms with Gasteiger partial charge in [0.2, 0.25) is 0 Å². The van der Waals surface area contributed by atoms with E-state index in [1.54, 1.807) is 0 Å². The van der Waals surface area contributed by atoms with Crippen molar-refractivity contribution < 1.29 is 4.57 Å². The summed E-state index contributed by atoms with van der Waals surface area (Å²) in [7, 11) is 0. The molecule has 0 saturated carbocycles. The second-order valence-corrected chi connectivity index (χ2v) is 1.71. The predicted octanol–water partition coefficient (Wildman–Crippen LogP) is 2.26. The van der Waals surface area contributed by atoms with Crippen LogP contribution in [0.1, 0.15) is 6.92 Å². The molecule has 0 amide bonds. The van der Waals surface area contributed by atoms with Gasteiger partial charge < -0.3 is 0 Å². The Balaban J connectivity index is -0.000000213. The fourth-order valence-corrected chi connectivity index (χ4v) is 0.645. The van der Waals surface area contributed by atoms with Crippen LogP contribution in [0.15, 0.2) is 30.6 Å². The number of halogens is 3. The van der Waals surface area contributed by atoms with E-state index in [1.807, 2.05) is 18.2 Å². The van der Waals surface area contributed by atoms with E-state index in [1.165, 1.54) is 0 Å². The van der Waals surface area contributed by atoms with Crippen LogP contribution in [-0.2, 0) is 6.54 Å². The predicted molar refractivity (Wildman–Crippen MR) is 54.1 cm³/mol. The number of nitrogens with zero attached hydrogens (tertiary/aromatic N) is 1. The lowest BCUT2D eigenvalue weighted by Gasteiger charge is -1.84. The second-order valence-electron chi connectivity index (χ2n) is 1.71. The number of hydrogen-bond acceptors (Lipinski definition) is 0. The highest BCUT2D eigenvalue weighted by Gasteiger charge is 1.86. The molecule has 1 aromatic rings. The Hall–Kier alpha value is 0.0200. The maximum atomic E-state index is 2.12. The normalized spacial score (nSPS) is 6.64. The van der Waals surface area contributed by atoms with Gasteiger partial charge in [-0.2, -0.15) is 0 Å². The van der Waals surface area contributed by atoms with Crippen LogP contribution in [0, 0.1) is 0 Å². The van der Waals surface area contributed by atoms with Gasteiger partial charge in [0.05, 0.1) is 0 Å². The molecule has 0 N–H and O–H groups in total. The molecule has 0 bridgehead atoms. The Morgan fingerprint density at radius 3 is 1.64 bits per heavy atom. The van der Waals surface area contributed by atoms with Crippen molar-refractivity contribution >= 4 is 37.2 Å². The monoisotopic (exact) mass is 216 g/mol. The van der Waals surface area contributed by atoms with Gasteiger partial charge in [-0.05, 0) is 6.92 Å². The third kappa shape index (κ3) is 6.42. The third-order valence-electron chi connectivity index (χ3n) is 1.14. The summed E-state index contributed by atoms with van der Waals surface area (Å²) in [6.45, 7) is 3.18. The van der Waals surface area contributed by atoms with Crippen molar-refractivity contribution in [2.45, 2.75) is 13.5 Å². The molecule has 4 heteroatoms. The molecule has 0 radical (unpaired) electrons. The van der Waals surface area contributed by atoms with Gasteiger partial charge >= 0.3 is 0 Å². The largest absolute Gasteiger partial charge is 0.205 e. The van der Waals surface area contributed by atoms with Crippen LogP contribution < -0.4 is 4.57 Å². The summed E-state index contributed by atoms with van der Waals surface area (Å²) in [5.74, 6) is 0. The fraction of sp³-hybridized carbons (Fsp3) is 0.286. The Labute approximate surface area is 86.1 Å². The van der Waals surface area contributed by atoms with Crippen LogP contribution >= 0.6 is 37.2 Å². The molecule has 0 spiro atoms. The van der Waals surface area contributed by atoms with E-state index < -0.39 is 0 Å². The quantitative estimate of drug-likeness (QED) is 0.636. The molecule has 0 atom stereocenters. The SMILES string of the molecule is CC[n+]1ccccc1.Cl.Cl.Cl. The van der Waals surface area contributed by atoms with Gasteiger partial charge in [0.1, 0.15) is 6.54 Å². The maximum Gasteiger partial charge on any atom is 0.168 e. The molecular weight excluding hydrogens is 204 g/mol. The van der Waals surface area contributed by atoms with E-state index in [9.17, 15) is 0 Å². The number of aromatic nitrogens is 1. The van der Waals surface area contributed by atoms with Crippen molar-refractivity contribution in [2.75, 3.05) is 0 Å². The molecule has 0 aliphatic heterocycles. The molecule has 0 fully saturated rings. The Morgan fingerprint density at radius 1 is 0.909 bits per heavy atom. The number of rotatable bonds is 1. The molecule has 1 heterocycles. The Morgan fingerprint density at radius 2 is 1.36 bits per heavy atom. The topological polar surface area (TPSA) is 3.88 Å². The van der Waals surface area contributed by atoms with Gasteiger partial charge in [-0.15, -0.1) is 37.2 Å². The lowest BCUT2D eigenvalue weighted by atomic mass is 10.5. The van der Waals surface area contributed by atoms with Crippen LogP contribution in [0.2, 0.25) is 0 Å². The van der Waals surface area contributed by atoms with E-state index in [-0.39, 0.29) is 37.2 Å². The van der Waals surface area contributed by atoms with Crippen LogP contribution in [0.5, 0.6) is 0 Å². The summed E-state index contributed by atoms with van der Waals surface area (Å²) in [6, 6.07) is 6.08. The second kappa shape index (κ2) is 10.0. The minimum absolute atomic E-state index is 0. The molecule has 0 aliphatic rings. The summed E-state index contributed by atoms with van der Waals surface area (Å²) >= 11 is 0. The van der Waals surface area contributed by atoms with E-state index in [0.29, 0.717) is 0 Å². The summed E-state index contributed by atoms with van der Waals surface area (Å²) in [6.07, 6.45) is 4.11. The standard InChI is InChI=1S/C7H10N.3ClH/c1-2-8-6-4-3-5-7-8;;;/h3-7H,2H2,1H3;3*1H/q+1;;;. The van der Waals surface area contributed by atoms with Crippen molar-refractivity contribution in [2.24, 2.45) is 0 Å². The van der Waals surface area contributed by atoms with Gasteiger partial charge in [-0.3, -0.25) is 0 Å². The molecule has 66 valence electrons. The van der Waals surface area contributed by atoms with Crippen LogP contribution in [0.3, 0.4) is 0 Å². The van der Waals surface area contributed by atoms with Crippen molar-refractivity contribution in [1.82, 2.24) is 0 Å². The van der Waals surface area contributed by atoms with E-state index in [2.05, 4.69) is 23.9 Å². The number of hydrogen-bond donors (Lipinski definition) is 0. The summed E-state index contributed by atoms with van der Waals surface area (Å²) < 4.78 is 2.12. The first-order chi connectivity index (χ1) is 3.93. The molecular formula is C7H13Cl3N+. The Bertz CT molecular complexity index is 155. The molecule has 1 nitrogen and oxygen atoms in total. The summed E-state index contributed by atoms with van der Waals surface area (Å²) in [5, 5.41) is 0. The molecule has 1 aromatic heterocycles. The fourth-order valence-electron chi connectivity index (χ4n) is 0.645. The highest BCUT2D eigenvalue weighted by Crippen LogP contribution is 1.74. The lowest BCUT2D eigenvalue weighted by Crippen LogP contribution is -2.30. The average Bonchev–Trinajstić information content (AvgIpc) is 1.90. The highest BCUT2D eigenvalue weighted by molar-refractivity contribution is 5.86. The van der Waals surface area contributed by atoms with Crippen LogP contribution in [0.4, 0.5) is 0 Å². The molecule has 11 heavy (non-hydrogen) atoms. The Kier molecular flexibility index (Phi) is 15.7. The number of pyridine rings is 1. The maximum absolute atomic E-state index is 2.12. The highest BCUT2D eigenvalue weighted by atomic mass is 35.5. The van der Waals surface area contributed by atoms with Crippen molar-refractivity contribution in [3.63, 3.8) is 0 Å². The van der Waals surface area contributed by atoms with E-state index in [4.69, 9.17) is 0 Å². The van der Waals surface area contributed by atoms with Gasteiger partial charge in [-0.1, -0.05) is 6.07 Å². The van der Waals surface area contributed by atoms with Gasteiger partial charge in [-0.25, -0.2) is 4.57 Å². The van der Waals surface area contributed by atoms with Gasteiger partial charge in [0, 0.05) is 12.1 Å². The first kappa shape index (κ1) is 17.2. The summed E-state index contributed by atoms with van der Waals surface area (Å²) in [5.41, 5.74) is 0. The smallest absolute Gasteiger partial charge is 0.168 e. The zero-order chi connectivity index (χ0) is 5.82. The van der Waals surface area contributed by atoms with Crippen molar-refractivity contribution in [1.29, 1.82) is 0 Å². The third-order valence-corrected chi connectivity index (χ3v) is 1.14. The van der Waals surface area contributed by atoms with Gasteiger partial charge in [0.15, 0.2) is 12.4 Å². The molecule has 0 aromatic carbocycles. The zero-order valence-corrected chi connectivity index (χ0v) is 8.72. The summed E-state index contributed by atoms with van der Waals surface area (Å²) in [4.78, 5) is 0. The number of aryl methyl sites for hydroxylation is 1. The lowest BCUT2D eigenvalue weighted by molar-refractivity contribution is -0.693.